The van der Waals surface area contributed by atoms with E-state index in [4.69, 9.17) is 15.0 Å². The minimum Gasteiger partial charge on any atom is -0.481 e. The molecule has 1 aliphatic rings. The molecule has 1 aliphatic heterocycles. The molecule has 0 aromatic carbocycles. The zero-order valence-electron chi connectivity index (χ0n) is 13.1. The summed E-state index contributed by atoms with van der Waals surface area (Å²) >= 11 is 0. The van der Waals surface area contributed by atoms with Gasteiger partial charge in [0, 0.05) is 37.1 Å². The van der Waals surface area contributed by atoms with Gasteiger partial charge in [-0.1, -0.05) is 0 Å². The summed E-state index contributed by atoms with van der Waals surface area (Å²) in [5.74, 6) is -3.10. The highest BCUT2D eigenvalue weighted by atomic mass is 19.4. The molecular weight excluding hydrogens is 329 g/mol. The molecular formula is C15H19F3N2O4. The van der Waals surface area contributed by atoms with E-state index in [-0.39, 0.29) is 0 Å². The predicted octanol–water partition coefficient (Wildman–Crippen LogP) is 2.71. The lowest BCUT2D eigenvalue weighted by Gasteiger charge is -2.33. The summed E-state index contributed by atoms with van der Waals surface area (Å²) in [4.78, 5) is 26.0. The first-order valence-electron chi connectivity index (χ1n) is 7.29. The van der Waals surface area contributed by atoms with Gasteiger partial charge in [-0.3, -0.25) is 9.78 Å². The quantitative estimate of drug-likeness (QED) is 0.873. The van der Waals surface area contributed by atoms with Crippen LogP contribution >= 0.6 is 0 Å². The van der Waals surface area contributed by atoms with Gasteiger partial charge in [-0.15, -0.1) is 0 Å². The number of aryl methyl sites for hydroxylation is 1. The first-order valence-corrected chi connectivity index (χ1v) is 7.29. The molecule has 0 bridgehead atoms. The molecule has 6 nitrogen and oxygen atoms in total. The molecule has 2 rings (SSSR count). The summed E-state index contributed by atoms with van der Waals surface area (Å²) in [6.07, 6.45) is -1.02. The van der Waals surface area contributed by atoms with Crippen LogP contribution in [-0.2, 0) is 9.59 Å². The molecule has 1 aromatic heterocycles. The van der Waals surface area contributed by atoms with Crippen LogP contribution in [-0.4, -0.2) is 46.4 Å². The Morgan fingerprint density at radius 3 is 2.25 bits per heavy atom. The number of nitrogens with zero attached hydrogens (tertiary/aromatic N) is 2. The fraction of sp³-hybridized carbons (Fsp3) is 0.533. The summed E-state index contributed by atoms with van der Waals surface area (Å²) in [5, 5.41) is 15.9. The molecule has 134 valence electrons. The van der Waals surface area contributed by atoms with E-state index in [1.165, 1.54) is 5.69 Å². The number of hydrogen-bond donors (Lipinski definition) is 2. The molecule has 0 amide bonds. The lowest BCUT2D eigenvalue weighted by atomic mass is 9.93. The predicted molar refractivity (Wildman–Crippen MR) is 79.9 cm³/mol. The molecule has 0 spiro atoms. The number of halogens is 3. The summed E-state index contributed by atoms with van der Waals surface area (Å²) < 4.78 is 31.7. The highest BCUT2D eigenvalue weighted by molar-refractivity contribution is 5.73. The number of aromatic nitrogens is 1. The Bertz CT molecular complexity index is 570. The van der Waals surface area contributed by atoms with Crippen LogP contribution in [0.2, 0.25) is 0 Å². The minimum atomic E-state index is -5.08. The number of alkyl halides is 3. The van der Waals surface area contributed by atoms with E-state index in [2.05, 4.69) is 16.0 Å². The number of carboxylic acid groups (broad SMARTS) is 2. The fourth-order valence-corrected chi connectivity index (χ4v) is 2.37. The third-order valence-corrected chi connectivity index (χ3v) is 3.57. The van der Waals surface area contributed by atoms with Crippen LogP contribution in [0.1, 0.15) is 25.0 Å². The smallest absolute Gasteiger partial charge is 0.481 e. The Labute approximate surface area is 136 Å². The molecule has 0 radical (unpaired) electrons. The third-order valence-electron chi connectivity index (χ3n) is 3.57. The van der Waals surface area contributed by atoms with E-state index in [9.17, 15) is 18.0 Å². The second-order valence-electron chi connectivity index (χ2n) is 5.49. The Hall–Kier alpha value is -2.32. The second-order valence-corrected chi connectivity index (χ2v) is 5.49. The van der Waals surface area contributed by atoms with Crippen LogP contribution in [0, 0.1) is 12.8 Å². The first kappa shape index (κ1) is 19.7. The molecule has 2 heterocycles. The molecule has 1 saturated heterocycles. The van der Waals surface area contributed by atoms with Crippen molar-refractivity contribution in [2.24, 2.45) is 5.92 Å². The van der Waals surface area contributed by atoms with Crippen molar-refractivity contribution >= 4 is 17.6 Å². The van der Waals surface area contributed by atoms with Crippen LogP contribution in [0.25, 0.3) is 0 Å². The number of carboxylic acids is 2. The number of aliphatic carboxylic acids is 2. The lowest BCUT2D eigenvalue weighted by Crippen LogP contribution is -2.34. The van der Waals surface area contributed by atoms with E-state index < -0.39 is 18.1 Å². The molecule has 1 aromatic rings. The Kier molecular flexibility index (Phi) is 6.99. The number of rotatable bonds is 3. The average Bonchev–Trinajstić information content (AvgIpc) is 2.47. The summed E-state index contributed by atoms with van der Waals surface area (Å²) in [6.45, 7) is 3.88. The van der Waals surface area contributed by atoms with Crippen LogP contribution < -0.4 is 4.90 Å². The SMILES string of the molecule is Cc1cc(N2CCC(CC(=O)O)CC2)ccn1.O=C(O)C(F)(F)F. The molecule has 2 N–H and O–H groups in total. The maximum atomic E-state index is 10.6. The molecule has 0 saturated carbocycles. The van der Waals surface area contributed by atoms with Gasteiger partial charge in [-0.25, -0.2) is 4.79 Å². The summed E-state index contributed by atoms with van der Waals surface area (Å²) in [5.41, 5.74) is 2.22. The van der Waals surface area contributed by atoms with Crippen LogP contribution in [0.3, 0.4) is 0 Å². The normalized spacial score (nSPS) is 15.4. The lowest BCUT2D eigenvalue weighted by molar-refractivity contribution is -0.192. The second kappa shape index (κ2) is 8.51. The zero-order valence-corrected chi connectivity index (χ0v) is 13.1. The van der Waals surface area contributed by atoms with E-state index in [0.717, 1.165) is 31.6 Å². The monoisotopic (exact) mass is 348 g/mol. The molecule has 0 unspecified atom stereocenters. The zero-order chi connectivity index (χ0) is 18.3. The topological polar surface area (TPSA) is 90.7 Å². The van der Waals surface area contributed by atoms with Gasteiger partial charge in [0.15, 0.2) is 0 Å². The van der Waals surface area contributed by atoms with Gasteiger partial charge < -0.3 is 15.1 Å². The first-order chi connectivity index (χ1) is 11.1. The van der Waals surface area contributed by atoms with Crippen molar-refractivity contribution in [2.75, 3.05) is 18.0 Å². The van der Waals surface area contributed by atoms with Gasteiger partial charge in [-0.2, -0.15) is 13.2 Å². The number of carbonyl (C=O) groups is 2. The van der Waals surface area contributed by atoms with Gasteiger partial charge in [0.25, 0.3) is 0 Å². The van der Waals surface area contributed by atoms with Crippen molar-refractivity contribution in [3.05, 3.63) is 24.0 Å². The Balaban J connectivity index is 0.000000351. The Morgan fingerprint density at radius 1 is 1.29 bits per heavy atom. The average molecular weight is 348 g/mol. The van der Waals surface area contributed by atoms with E-state index in [0.29, 0.717) is 12.3 Å². The van der Waals surface area contributed by atoms with E-state index in [1.807, 2.05) is 19.2 Å². The number of hydrogen-bond acceptors (Lipinski definition) is 4. The number of pyridine rings is 1. The van der Waals surface area contributed by atoms with Crippen molar-refractivity contribution in [1.82, 2.24) is 4.98 Å². The van der Waals surface area contributed by atoms with Gasteiger partial charge in [0.1, 0.15) is 0 Å². The summed E-state index contributed by atoms with van der Waals surface area (Å²) in [7, 11) is 0. The molecule has 1 fully saturated rings. The van der Waals surface area contributed by atoms with Crippen molar-refractivity contribution in [3.63, 3.8) is 0 Å². The van der Waals surface area contributed by atoms with Gasteiger partial charge in [0.2, 0.25) is 0 Å². The summed E-state index contributed by atoms with van der Waals surface area (Å²) in [6, 6.07) is 4.10. The molecule has 24 heavy (non-hydrogen) atoms. The molecule has 0 aliphatic carbocycles. The van der Waals surface area contributed by atoms with Crippen molar-refractivity contribution in [1.29, 1.82) is 0 Å². The van der Waals surface area contributed by atoms with Crippen LogP contribution in [0.4, 0.5) is 18.9 Å². The van der Waals surface area contributed by atoms with E-state index >= 15 is 0 Å². The highest BCUT2D eigenvalue weighted by Crippen LogP contribution is 2.25. The van der Waals surface area contributed by atoms with Gasteiger partial charge in [0.05, 0.1) is 0 Å². The standard InChI is InChI=1S/C13H18N2O2.C2HF3O2/c1-10-8-12(2-5-14-10)15-6-3-11(4-7-15)9-13(16)17;3-2(4,5)1(6)7/h2,5,8,11H,3-4,6-7,9H2,1H3,(H,16,17);(H,6,7). The van der Waals surface area contributed by atoms with E-state index in [1.54, 1.807) is 0 Å². The Morgan fingerprint density at radius 2 is 1.83 bits per heavy atom. The molecule has 0 atom stereocenters. The van der Waals surface area contributed by atoms with Crippen LogP contribution in [0.5, 0.6) is 0 Å². The number of anilines is 1. The van der Waals surface area contributed by atoms with Crippen LogP contribution in [0.15, 0.2) is 18.3 Å². The molecule has 9 heteroatoms. The highest BCUT2D eigenvalue weighted by Gasteiger charge is 2.38. The van der Waals surface area contributed by atoms with Gasteiger partial charge in [-0.05, 0) is 37.8 Å². The largest absolute Gasteiger partial charge is 0.490 e. The minimum absolute atomic E-state index is 0.309. The van der Waals surface area contributed by atoms with Gasteiger partial charge >= 0.3 is 18.1 Å². The van der Waals surface area contributed by atoms with Crippen molar-refractivity contribution in [2.45, 2.75) is 32.4 Å². The maximum absolute atomic E-state index is 10.6. The van der Waals surface area contributed by atoms with Crippen molar-refractivity contribution in [3.8, 4) is 0 Å². The fourth-order valence-electron chi connectivity index (χ4n) is 2.37. The van der Waals surface area contributed by atoms with Crippen molar-refractivity contribution < 1.29 is 33.0 Å². The number of piperidine rings is 1. The third kappa shape index (κ3) is 6.84. The maximum Gasteiger partial charge on any atom is 0.490 e.